The molecule has 84 valence electrons. The Kier molecular flexibility index (Phi) is 12.2. The zero-order valence-corrected chi connectivity index (χ0v) is 9.87. The average Bonchev–Trinajstić information content (AvgIpc) is 2.12. The van der Waals surface area contributed by atoms with Gasteiger partial charge in [0, 0.05) is 5.88 Å². The second-order valence-corrected chi connectivity index (χ2v) is 2.94. The van der Waals surface area contributed by atoms with E-state index in [9.17, 15) is 4.79 Å². The Morgan fingerprint density at radius 3 is 2.64 bits per heavy atom. The number of carbonyl (C=O) groups excluding carboxylic acids is 1. The maximum Gasteiger partial charge on any atom is 0.353 e. The molecule has 0 aromatic carbocycles. The first-order valence-electron chi connectivity index (χ1n) is 4.41. The predicted molar refractivity (Wildman–Crippen MR) is 60.7 cm³/mol. The quantitative estimate of drug-likeness (QED) is 0.336. The summed E-state index contributed by atoms with van der Waals surface area (Å²) in [4.78, 5) is 11.0. The third-order valence-electron chi connectivity index (χ3n) is 1.46. The van der Waals surface area contributed by atoms with Crippen molar-refractivity contribution in [2.24, 2.45) is 5.73 Å². The minimum atomic E-state index is -0.437. The van der Waals surface area contributed by atoms with Gasteiger partial charge in [-0.25, -0.2) is 4.79 Å². The van der Waals surface area contributed by atoms with Gasteiger partial charge in [-0.2, -0.15) is 0 Å². The highest BCUT2D eigenvalue weighted by Gasteiger charge is 2.03. The number of rotatable bonds is 6. The molecular formula is C9H17Cl2NO2. The lowest BCUT2D eigenvalue weighted by atomic mass is 10.2. The van der Waals surface area contributed by atoms with Crippen LogP contribution in [-0.2, 0) is 9.53 Å². The second-order valence-electron chi connectivity index (χ2n) is 2.56. The van der Waals surface area contributed by atoms with Crippen molar-refractivity contribution < 1.29 is 9.53 Å². The first kappa shape index (κ1) is 16.0. The van der Waals surface area contributed by atoms with Crippen molar-refractivity contribution in [1.82, 2.24) is 0 Å². The zero-order chi connectivity index (χ0) is 10.1. The fraction of sp³-hybridized carbons (Fsp3) is 0.667. The molecule has 0 unspecified atom stereocenters. The van der Waals surface area contributed by atoms with Crippen molar-refractivity contribution >= 4 is 30.0 Å². The maximum absolute atomic E-state index is 11.0. The fourth-order valence-corrected chi connectivity index (χ4v) is 0.983. The molecule has 3 nitrogen and oxygen atoms in total. The first-order chi connectivity index (χ1) is 6.22. The molecule has 0 heterocycles. The van der Waals surface area contributed by atoms with Gasteiger partial charge in [-0.1, -0.05) is 6.08 Å². The number of allylic oxidation sites excluding steroid dienone is 1. The van der Waals surface area contributed by atoms with Crippen LogP contribution in [0, 0.1) is 0 Å². The van der Waals surface area contributed by atoms with E-state index < -0.39 is 5.97 Å². The van der Waals surface area contributed by atoms with E-state index in [4.69, 9.17) is 22.1 Å². The van der Waals surface area contributed by atoms with Crippen molar-refractivity contribution in [2.75, 3.05) is 12.5 Å². The van der Waals surface area contributed by atoms with Crippen LogP contribution >= 0.6 is 24.0 Å². The molecule has 2 N–H and O–H groups in total. The lowest BCUT2D eigenvalue weighted by Crippen LogP contribution is -2.14. The minimum Gasteiger partial charge on any atom is -0.461 e. The van der Waals surface area contributed by atoms with Crippen molar-refractivity contribution in [1.29, 1.82) is 0 Å². The van der Waals surface area contributed by atoms with Gasteiger partial charge in [0.15, 0.2) is 0 Å². The molecule has 0 saturated heterocycles. The van der Waals surface area contributed by atoms with Crippen LogP contribution < -0.4 is 5.73 Å². The average molecular weight is 242 g/mol. The Labute approximate surface area is 96.0 Å². The number of alkyl halides is 1. The van der Waals surface area contributed by atoms with Crippen molar-refractivity contribution in [3.63, 3.8) is 0 Å². The number of hydrogen-bond acceptors (Lipinski definition) is 3. The molecule has 0 aromatic rings. The topological polar surface area (TPSA) is 52.3 Å². The number of carbonyl (C=O) groups is 1. The normalized spacial score (nSPS) is 10.6. The van der Waals surface area contributed by atoms with Crippen LogP contribution in [0.4, 0.5) is 0 Å². The van der Waals surface area contributed by atoms with Crippen LogP contribution in [0.2, 0.25) is 0 Å². The molecule has 0 aliphatic rings. The van der Waals surface area contributed by atoms with Crippen molar-refractivity contribution in [3.05, 3.63) is 11.8 Å². The van der Waals surface area contributed by atoms with Crippen LogP contribution in [0.25, 0.3) is 0 Å². The summed E-state index contributed by atoms with van der Waals surface area (Å²) in [5.74, 6) is 0.209. The Bertz CT molecular complexity index is 184. The summed E-state index contributed by atoms with van der Waals surface area (Å²) in [6, 6.07) is 0. The van der Waals surface area contributed by atoms with E-state index in [1.54, 1.807) is 13.0 Å². The lowest BCUT2D eigenvalue weighted by Gasteiger charge is -2.00. The molecule has 0 amide bonds. The van der Waals surface area contributed by atoms with Gasteiger partial charge < -0.3 is 10.5 Å². The minimum absolute atomic E-state index is 0. The van der Waals surface area contributed by atoms with Gasteiger partial charge in [-0.3, -0.25) is 0 Å². The zero-order valence-electron chi connectivity index (χ0n) is 8.29. The summed E-state index contributed by atoms with van der Waals surface area (Å²) in [5.41, 5.74) is 5.63. The van der Waals surface area contributed by atoms with Crippen LogP contribution in [-0.4, -0.2) is 18.5 Å². The molecule has 0 aliphatic carbocycles. The predicted octanol–water partition coefficient (Wildman–Crippen LogP) is 2.22. The molecule has 14 heavy (non-hydrogen) atoms. The monoisotopic (exact) mass is 241 g/mol. The Morgan fingerprint density at radius 1 is 1.50 bits per heavy atom. The number of hydrogen-bond donors (Lipinski definition) is 1. The van der Waals surface area contributed by atoms with Gasteiger partial charge >= 0.3 is 5.97 Å². The summed E-state index contributed by atoms with van der Waals surface area (Å²) in [7, 11) is 0. The maximum atomic E-state index is 11.0. The number of halogens is 2. The number of esters is 1. The molecule has 0 fully saturated rings. The molecular weight excluding hydrogens is 225 g/mol. The van der Waals surface area contributed by atoms with E-state index in [1.807, 2.05) is 0 Å². The molecule has 0 saturated carbocycles. The molecule has 5 heteroatoms. The Balaban J connectivity index is 0. The van der Waals surface area contributed by atoms with E-state index in [1.165, 1.54) is 0 Å². The van der Waals surface area contributed by atoms with Crippen molar-refractivity contribution in [3.8, 4) is 0 Å². The van der Waals surface area contributed by atoms with E-state index >= 15 is 0 Å². The smallest absolute Gasteiger partial charge is 0.353 e. The summed E-state index contributed by atoms with van der Waals surface area (Å²) in [5, 5.41) is 0. The Hall–Kier alpha value is -0.410. The molecule has 0 bridgehead atoms. The SMILES string of the molecule is CCOC(=O)/C(N)=C/CCCCCl.Cl. The third kappa shape index (κ3) is 8.20. The van der Waals surface area contributed by atoms with E-state index in [-0.39, 0.29) is 18.1 Å². The third-order valence-corrected chi connectivity index (χ3v) is 1.73. The van der Waals surface area contributed by atoms with Crippen LogP contribution in [0.5, 0.6) is 0 Å². The standard InChI is InChI=1S/C9H16ClNO2.ClH/c1-2-13-9(12)8(11)6-4-3-5-7-10;/h6H,2-5,7,11H2,1H3;1H/b8-6-;. The molecule has 0 aromatic heterocycles. The number of unbranched alkanes of at least 4 members (excludes halogenated alkanes) is 2. The molecule has 0 spiro atoms. The van der Waals surface area contributed by atoms with Gasteiger partial charge in [0.1, 0.15) is 5.70 Å². The number of nitrogens with two attached hydrogens (primary N) is 1. The summed E-state index contributed by atoms with van der Waals surface area (Å²) in [6.07, 6.45) is 4.35. The lowest BCUT2D eigenvalue weighted by molar-refractivity contribution is -0.138. The molecule has 0 aliphatic heterocycles. The highest BCUT2D eigenvalue weighted by atomic mass is 35.5. The van der Waals surface area contributed by atoms with Crippen molar-refractivity contribution in [2.45, 2.75) is 26.2 Å². The van der Waals surface area contributed by atoms with Gasteiger partial charge in [0.05, 0.1) is 6.61 Å². The van der Waals surface area contributed by atoms with E-state index in [0.717, 1.165) is 19.3 Å². The summed E-state index contributed by atoms with van der Waals surface area (Å²) >= 11 is 5.49. The van der Waals surface area contributed by atoms with Gasteiger partial charge in [-0.15, -0.1) is 24.0 Å². The fourth-order valence-electron chi connectivity index (χ4n) is 0.794. The Morgan fingerprint density at radius 2 is 2.14 bits per heavy atom. The van der Waals surface area contributed by atoms with E-state index in [2.05, 4.69) is 0 Å². The van der Waals surface area contributed by atoms with Gasteiger partial charge in [0.25, 0.3) is 0 Å². The molecule has 0 radical (unpaired) electrons. The van der Waals surface area contributed by atoms with Crippen LogP contribution in [0.3, 0.4) is 0 Å². The van der Waals surface area contributed by atoms with Gasteiger partial charge in [-0.05, 0) is 26.2 Å². The van der Waals surface area contributed by atoms with Crippen LogP contribution in [0.1, 0.15) is 26.2 Å². The summed E-state index contributed by atoms with van der Waals surface area (Å²) < 4.78 is 4.70. The highest BCUT2D eigenvalue weighted by Crippen LogP contribution is 2.00. The summed E-state index contributed by atoms with van der Waals surface area (Å²) in [6.45, 7) is 2.10. The van der Waals surface area contributed by atoms with Gasteiger partial charge in [0.2, 0.25) is 0 Å². The van der Waals surface area contributed by atoms with E-state index in [0.29, 0.717) is 12.5 Å². The molecule has 0 atom stereocenters. The molecule has 0 rings (SSSR count). The second kappa shape index (κ2) is 10.7. The van der Waals surface area contributed by atoms with Crippen LogP contribution in [0.15, 0.2) is 11.8 Å². The largest absolute Gasteiger partial charge is 0.461 e. The first-order valence-corrected chi connectivity index (χ1v) is 4.94. The highest BCUT2D eigenvalue weighted by molar-refractivity contribution is 6.17. The number of ether oxygens (including phenoxy) is 1.